The second-order valence-electron chi connectivity index (χ2n) is 11.0. The highest BCUT2D eigenvalue weighted by molar-refractivity contribution is 5.77. The highest BCUT2D eigenvalue weighted by Crippen LogP contribution is 2.41. The van der Waals surface area contributed by atoms with Crippen LogP contribution in [0.25, 0.3) is 11.0 Å². The average Bonchev–Trinajstić information content (AvgIpc) is 3.58. The highest BCUT2D eigenvalue weighted by Gasteiger charge is 2.49. The molecule has 2 fully saturated rings. The normalized spacial score (nSPS) is 22.9. The zero-order valence-electron chi connectivity index (χ0n) is 21.9. The predicted octanol–water partition coefficient (Wildman–Crippen LogP) is 4.75. The Bertz CT molecular complexity index is 1320. The minimum Gasteiger partial charge on any atom is -0.441 e. The van der Waals surface area contributed by atoms with Crippen molar-refractivity contribution < 1.29 is 18.8 Å². The third kappa shape index (κ3) is 5.05. The number of carbonyl (C=O) groups is 1. The topological polar surface area (TPSA) is 119 Å². The summed E-state index contributed by atoms with van der Waals surface area (Å²) in [7, 11) is 0. The second-order valence-corrected chi connectivity index (χ2v) is 11.0. The molecule has 2 aliphatic rings. The van der Waals surface area contributed by atoms with Gasteiger partial charge in [-0.05, 0) is 77.5 Å². The van der Waals surface area contributed by atoms with Crippen molar-refractivity contribution in [2.75, 3.05) is 19.7 Å². The molecule has 3 atom stereocenters. The van der Waals surface area contributed by atoms with E-state index in [-0.39, 0.29) is 12.2 Å². The zero-order chi connectivity index (χ0) is 26.2. The Labute approximate surface area is 216 Å². The lowest BCUT2D eigenvalue weighted by Gasteiger charge is -2.36. The minimum absolute atomic E-state index is 0.253. The predicted molar refractivity (Wildman–Crippen MR) is 135 cm³/mol. The first-order valence-electron chi connectivity index (χ1n) is 13.0. The highest BCUT2D eigenvalue weighted by atomic mass is 16.6. The monoisotopic (exact) mass is 506 g/mol. The summed E-state index contributed by atoms with van der Waals surface area (Å²) < 4.78 is 19.3. The Balaban J connectivity index is 1.26. The van der Waals surface area contributed by atoms with Crippen LogP contribution in [0.2, 0.25) is 0 Å². The molecule has 10 nitrogen and oxygen atoms in total. The van der Waals surface area contributed by atoms with Crippen molar-refractivity contribution in [3.05, 3.63) is 41.8 Å². The van der Waals surface area contributed by atoms with Crippen LogP contribution in [0.1, 0.15) is 76.8 Å². The first-order valence-corrected chi connectivity index (χ1v) is 13.0. The van der Waals surface area contributed by atoms with Gasteiger partial charge in [-0.1, -0.05) is 5.16 Å². The van der Waals surface area contributed by atoms with Gasteiger partial charge in [-0.15, -0.1) is 0 Å². The molecule has 1 saturated carbocycles. The summed E-state index contributed by atoms with van der Waals surface area (Å²) in [6, 6.07) is 7.77. The second kappa shape index (κ2) is 9.78. The van der Waals surface area contributed by atoms with Crippen LogP contribution in [0.15, 0.2) is 29.0 Å². The van der Waals surface area contributed by atoms with Gasteiger partial charge in [0.2, 0.25) is 5.89 Å². The number of amides is 1. The van der Waals surface area contributed by atoms with Gasteiger partial charge in [0.1, 0.15) is 11.7 Å². The number of aromatic nitrogens is 4. The van der Waals surface area contributed by atoms with Crippen molar-refractivity contribution >= 4 is 17.1 Å². The number of carbonyl (C=O) groups excluding carboxylic acids is 1. The summed E-state index contributed by atoms with van der Waals surface area (Å²) in [6.45, 7) is 10.1. The summed E-state index contributed by atoms with van der Waals surface area (Å²) in [5, 5.41) is 13.4. The van der Waals surface area contributed by atoms with Gasteiger partial charge in [0.25, 0.3) is 0 Å². The SMILES string of the molecule is CCOC(C)c1noc(C(C)(C)CN2CC3(CCCC(Cn4cnc5ccc(C#N)cc54)C3)OC2=O)n1. The summed E-state index contributed by atoms with van der Waals surface area (Å²) in [4.78, 5) is 23.8. The molecule has 1 amide bonds. The van der Waals surface area contributed by atoms with E-state index in [0.29, 0.717) is 42.9 Å². The molecule has 3 aromatic rings. The molecule has 3 heterocycles. The molecule has 10 heteroatoms. The van der Waals surface area contributed by atoms with Crippen LogP contribution >= 0.6 is 0 Å². The molecule has 1 saturated heterocycles. The van der Waals surface area contributed by atoms with E-state index in [0.717, 1.165) is 43.3 Å². The standard InChI is InChI=1S/C27H34N6O4/c1-5-35-18(2)23-30-24(37-31-23)26(3,4)15-33-16-27(36-25(33)34)10-6-7-20(12-27)14-32-17-29-21-9-8-19(13-28)11-22(21)32/h8-9,11,17-18,20H,5-7,10,12,14-16H2,1-4H3. The molecule has 0 N–H and O–H groups in total. The molecule has 1 spiro atoms. The van der Waals surface area contributed by atoms with Gasteiger partial charge in [0.05, 0.1) is 41.0 Å². The van der Waals surface area contributed by atoms with Crippen molar-refractivity contribution in [3.8, 4) is 6.07 Å². The summed E-state index contributed by atoms with van der Waals surface area (Å²) in [5.41, 5.74) is 1.43. The number of benzene rings is 1. The van der Waals surface area contributed by atoms with E-state index in [2.05, 4.69) is 25.8 Å². The lowest BCUT2D eigenvalue weighted by molar-refractivity contribution is 0.00413. The third-order valence-electron chi connectivity index (χ3n) is 7.54. The summed E-state index contributed by atoms with van der Waals surface area (Å²) >= 11 is 0. The number of fused-ring (bicyclic) bond motifs is 1. The first kappa shape index (κ1) is 25.2. The van der Waals surface area contributed by atoms with Gasteiger partial charge >= 0.3 is 6.09 Å². The third-order valence-corrected chi connectivity index (χ3v) is 7.54. The van der Waals surface area contributed by atoms with E-state index < -0.39 is 11.0 Å². The lowest BCUT2D eigenvalue weighted by atomic mass is 9.77. The van der Waals surface area contributed by atoms with E-state index in [4.69, 9.17) is 14.0 Å². The molecular formula is C27H34N6O4. The fraction of sp³-hybridized carbons (Fsp3) is 0.593. The molecule has 3 unspecified atom stereocenters. The van der Waals surface area contributed by atoms with E-state index in [1.165, 1.54) is 0 Å². The minimum atomic E-state index is -0.538. The molecule has 2 aromatic heterocycles. The Kier molecular flexibility index (Phi) is 6.67. The van der Waals surface area contributed by atoms with Gasteiger partial charge in [-0.25, -0.2) is 9.78 Å². The fourth-order valence-electron chi connectivity index (χ4n) is 5.74. The molecule has 5 rings (SSSR count). The summed E-state index contributed by atoms with van der Waals surface area (Å²) in [5.74, 6) is 1.33. The Hall–Kier alpha value is -3.45. The van der Waals surface area contributed by atoms with Crippen molar-refractivity contribution in [3.63, 3.8) is 0 Å². The molecule has 1 aromatic carbocycles. The molecular weight excluding hydrogens is 472 g/mol. The van der Waals surface area contributed by atoms with Crippen LogP contribution in [-0.4, -0.2) is 56.0 Å². The molecule has 37 heavy (non-hydrogen) atoms. The number of nitriles is 1. The van der Waals surface area contributed by atoms with E-state index in [1.54, 1.807) is 11.0 Å². The number of rotatable bonds is 8. The number of hydrogen-bond acceptors (Lipinski definition) is 8. The van der Waals surface area contributed by atoms with Crippen molar-refractivity contribution in [1.82, 2.24) is 24.6 Å². The quantitative estimate of drug-likeness (QED) is 0.429. The number of imidazole rings is 1. The smallest absolute Gasteiger partial charge is 0.410 e. The van der Waals surface area contributed by atoms with Gasteiger partial charge in [-0.3, -0.25) is 0 Å². The van der Waals surface area contributed by atoms with Gasteiger partial charge in [0.15, 0.2) is 5.82 Å². The number of ether oxygens (including phenoxy) is 2. The summed E-state index contributed by atoms with van der Waals surface area (Å²) in [6.07, 6.45) is 5.00. The molecule has 0 bridgehead atoms. The maximum atomic E-state index is 13.0. The van der Waals surface area contributed by atoms with E-state index in [9.17, 15) is 10.1 Å². The van der Waals surface area contributed by atoms with Crippen LogP contribution in [0, 0.1) is 17.2 Å². The van der Waals surface area contributed by atoms with Crippen LogP contribution in [0.5, 0.6) is 0 Å². The number of nitrogens with zero attached hydrogens (tertiary/aromatic N) is 6. The number of hydrogen-bond donors (Lipinski definition) is 0. The van der Waals surface area contributed by atoms with Crippen molar-refractivity contribution in [1.29, 1.82) is 5.26 Å². The Morgan fingerprint density at radius 2 is 2.22 bits per heavy atom. The van der Waals surface area contributed by atoms with Crippen LogP contribution in [-0.2, 0) is 21.4 Å². The van der Waals surface area contributed by atoms with Crippen LogP contribution in [0.3, 0.4) is 0 Å². The average molecular weight is 507 g/mol. The zero-order valence-corrected chi connectivity index (χ0v) is 21.9. The maximum absolute atomic E-state index is 13.0. The van der Waals surface area contributed by atoms with E-state index in [1.807, 2.05) is 46.2 Å². The van der Waals surface area contributed by atoms with Gasteiger partial charge in [-0.2, -0.15) is 10.2 Å². The van der Waals surface area contributed by atoms with Crippen LogP contribution in [0.4, 0.5) is 4.79 Å². The lowest BCUT2D eigenvalue weighted by Crippen LogP contribution is -2.43. The molecule has 1 aliphatic heterocycles. The Morgan fingerprint density at radius 1 is 1.38 bits per heavy atom. The van der Waals surface area contributed by atoms with Crippen LogP contribution < -0.4 is 0 Å². The van der Waals surface area contributed by atoms with Crippen molar-refractivity contribution in [2.24, 2.45) is 5.92 Å². The maximum Gasteiger partial charge on any atom is 0.410 e. The van der Waals surface area contributed by atoms with E-state index >= 15 is 0 Å². The molecule has 196 valence electrons. The van der Waals surface area contributed by atoms with Crippen molar-refractivity contribution in [2.45, 2.75) is 77.0 Å². The van der Waals surface area contributed by atoms with Gasteiger partial charge < -0.3 is 23.5 Å². The fourth-order valence-corrected chi connectivity index (χ4v) is 5.74. The molecule has 0 radical (unpaired) electrons. The largest absolute Gasteiger partial charge is 0.441 e. The Morgan fingerprint density at radius 3 is 3.00 bits per heavy atom. The molecule has 1 aliphatic carbocycles. The van der Waals surface area contributed by atoms with Gasteiger partial charge in [0, 0.05) is 19.7 Å². The first-order chi connectivity index (χ1) is 17.7.